The molecule has 2 aliphatic rings. The first-order valence-electron chi connectivity index (χ1n) is 8.16. The van der Waals surface area contributed by atoms with E-state index in [9.17, 15) is 14.4 Å². The van der Waals surface area contributed by atoms with E-state index >= 15 is 0 Å². The Morgan fingerprint density at radius 3 is 2.81 bits per heavy atom. The molecule has 0 bridgehead atoms. The minimum absolute atomic E-state index is 0.0177. The Bertz CT molecular complexity index is 834. The molecule has 1 unspecified atom stereocenters. The molecular formula is C17H17N3O6S. The number of nitrogens with one attached hydrogen (secondary N) is 1. The highest BCUT2D eigenvalue weighted by atomic mass is 32.2. The van der Waals surface area contributed by atoms with E-state index < -0.39 is 17.1 Å². The molecule has 27 heavy (non-hydrogen) atoms. The van der Waals surface area contributed by atoms with Gasteiger partial charge in [0, 0.05) is 0 Å². The van der Waals surface area contributed by atoms with Crippen molar-refractivity contribution in [2.45, 2.75) is 24.5 Å². The lowest BCUT2D eigenvalue weighted by molar-refractivity contribution is -0.138. The number of methoxy groups -OCH3 is 1. The normalized spacial score (nSPS) is 20.7. The Hall–Kier alpha value is -2.88. The molecule has 1 heterocycles. The molecule has 0 radical (unpaired) electrons. The number of esters is 1. The second-order valence-electron chi connectivity index (χ2n) is 5.95. The van der Waals surface area contributed by atoms with Crippen molar-refractivity contribution in [1.82, 2.24) is 5.32 Å². The molecule has 1 saturated heterocycles. The second-order valence-corrected chi connectivity index (χ2v) is 7.14. The monoisotopic (exact) mass is 391 g/mol. The number of carboxylic acids is 1. The summed E-state index contributed by atoms with van der Waals surface area (Å²) >= 11 is 1.02. The van der Waals surface area contributed by atoms with Gasteiger partial charge < -0.3 is 19.9 Å². The first-order chi connectivity index (χ1) is 13.0. The highest BCUT2D eigenvalue weighted by Gasteiger charge is 2.33. The van der Waals surface area contributed by atoms with Gasteiger partial charge in [0.1, 0.15) is 5.25 Å². The van der Waals surface area contributed by atoms with Gasteiger partial charge in [-0.3, -0.25) is 14.4 Å². The highest BCUT2D eigenvalue weighted by molar-refractivity contribution is 8.15. The number of carboxylic acid groups (broad SMARTS) is 1. The van der Waals surface area contributed by atoms with Gasteiger partial charge in [-0.25, -0.2) is 0 Å². The largest absolute Gasteiger partial charge is 0.493 e. The Kier molecular flexibility index (Phi) is 5.75. The first kappa shape index (κ1) is 18.9. The van der Waals surface area contributed by atoms with Gasteiger partial charge in [0.05, 0.1) is 25.7 Å². The first-order valence-corrected chi connectivity index (χ1v) is 9.04. The van der Waals surface area contributed by atoms with Gasteiger partial charge in [0.15, 0.2) is 16.7 Å². The molecule has 1 aromatic rings. The fourth-order valence-corrected chi connectivity index (χ4v) is 3.17. The topological polar surface area (TPSA) is 127 Å². The standard InChI is InChI=1S/C17H17N3O6S/c1-25-12-6-9(2-5-11(12)26-16(24)10-3-4-10)8-18-20-17-19-15(23)13(27-17)7-14(21)22/h2,5-6,8,10,13H,3-4,7H2,1H3,(H,21,22)(H,19,20,23). The number of ether oxygens (including phenoxy) is 2. The number of carbonyl (C=O) groups is 3. The van der Waals surface area contributed by atoms with Crippen molar-refractivity contribution in [3.8, 4) is 11.5 Å². The number of rotatable bonds is 7. The van der Waals surface area contributed by atoms with Gasteiger partial charge in [0.2, 0.25) is 5.91 Å². The summed E-state index contributed by atoms with van der Waals surface area (Å²) in [6.45, 7) is 0. The molecule has 3 rings (SSSR count). The van der Waals surface area contributed by atoms with Crippen molar-refractivity contribution < 1.29 is 29.0 Å². The van der Waals surface area contributed by atoms with Gasteiger partial charge in [-0.15, -0.1) is 5.10 Å². The molecule has 2 N–H and O–H groups in total. The lowest BCUT2D eigenvalue weighted by Crippen LogP contribution is -2.26. The Labute approximate surface area is 158 Å². The van der Waals surface area contributed by atoms with E-state index in [4.69, 9.17) is 14.6 Å². The van der Waals surface area contributed by atoms with Crippen molar-refractivity contribution in [3.63, 3.8) is 0 Å². The van der Waals surface area contributed by atoms with Crippen LogP contribution in [0, 0.1) is 5.92 Å². The zero-order valence-corrected chi connectivity index (χ0v) is 15.2. The Balaban J connectivity index is 1.64. The molecule has 1 amide bonds. The van der Waals surface area contributed by atoms with Crippen LogP contribution in [0.3, 0.4) is 0 Å². The number of hydrogen-bond donors (Lipinski definition) is 2. The molecule has 142 valence electrons. The highest BCUT2D eigenvalue weighted by Crippen LogP contribution is 2.34. The SMILES string of the molecule is COc1cc(C=NN=C2NC(=O)C(CC(=O)O)S2)ccc1OC(=O)C1CC1. The Morgan fingerprint density at radius 2 is 2.15 bits per heavy atom. The lowest BCUT2D eigenvalue weighted by Gasteiger charge is -2.09. The van der Waals surface area contributed by atoms with Crippen molar-refractivity contribution in [1.29, 1.82) is 0 Å². The van der Waals surface area contributed by atoms with Crippen LogP contribution < -0.4 is 14.8 Å². The maximum Gasteiger partial charge on any atom is 0.314 e. The van der Waals surface area contributed by atoms with Crippen molar-refractivity contribution in [3.05, 3.63) is 23.8 Å². The maximum atomic E-state index is 11.8. The molecule has 2 fully saturated rings. The van der Waals surface area contributed by atoms with Gasteiger partial charge in [-0.1, -0.05) is 11.8 Å². The lowest BCUT2D eigenvalue weighted by atomic mass is 10.2. The molecular weight excluding hydrogens is 374 g/mol. The van der Waals surface area contributed by atoms with Gasteiger partial charge in [-0.05, 0) is 36.6 Å². The molecule has 10 heteroatoms. The number of nitrogens with zero attached hydrogens (tertiary/aromatic N) is 2. The van der Waals surface area contributed by atoms with Gasteiger partial charge in [-0.2, -0.15) is 5.10 Å². The average molecular weight is 391 g/mol. The van der Waals surface area contributed by atoms with E-state index in [1.54, 1.807) is 18.2 Å². The molecule has 0 spiro atoms. The van der Waals surface area contributed by atoms with Gasteiger partial charge in [0.25, 0.3) is 0 Å². The maximum absolute atomic E-state index is 11.8. The summed E-state index contributed by atoms with van der Waals surface area (Å²) in [5.41, 5.74) is 0.652. The molecule has 1 saturated carbocycles. The molecule has 9 nitrogen and oxygen atoms in total. The van der Waals surface area contributed by atoms with E-state index in [-0.39, 0.29) is 23.5 Å². The average Bonchev–Trinajstić information content (AvgIpc) is 3.41. The summed E-state index contributed by atoms with van der Waals surface area (Å²) in [7, 11) is 1.47. The fraction of sp³-hybridized carbons (Fsp3) is 0.353. The van der Waals surface area contributed by atoms with Crippen LogP contribution in [0.4, 0.5) is 0 Å². The second kappa shape index (κ2) is 8.21. The van der Waals surface area contributed by atoms with Crippen molar-refractivity contribution >= 4 is 41.0 Å². The summed E-state index contributed by atoms with van der Waals surface area (Å²) < 4.78 is 10.6. The van der Waals surface area contributed by atoms with Crippen LogP contribution >= 0.6 is 11.8 Å². The van der Waals surface area contributed by atoms with Crippen molar-refractivity contribution in [2.24, 2.45) is 16.1 Å². The Morgan fingerprint density at radius 1 is 1.37 bits per heavy atom. The van der Waals surface area contributed by atoms with Crippen LogP contribution in [-0.2, 0) is 14.4 Å². The summed E-state index contributed by atoms with van der Waals surface area (Å²) in [5, 5.41) is 18.5. The summed E-state index contributed by atoms with van der Waals surface area (Å²) in [6.07, 6.45) is 2.87. The minimum atomic E-state index is -1.05. The van der Waals surface area contributed by atoms with E-state index in [2.05, 4.69) is 15.5 Å². The van der Waals surface area contributed by atoms with Crippen LogP contribution in [0.2, 0.25) is 0 Å². The van der Waals surface area contributed by atoms with Crippen molar-refractivity contribution in [2.75, 3.05) is 7.11 Å². The van der Waals surface area contributed by atoms with E-state index in [1.807, 2.05) is 0 Å². The smallest absolute Gasteiger partial charge is 0.314 e. The molecule has 1 aliphatic heterocycles. The van der Waals surface area contributed by atoms with Crippen LogP contribution in [0.5, 0.6) is 11.5 Å². The number of hydrogen-bond acceptors (Lipinski definition) is 8. The third-order valence-corrected chi connectivity index (χ3v) is 4.87. The summed E-state index contributed by atoms with van der Waals surface area (Å²) in [5.74, 6) is -0.998. The quantitative estimate of drug-likeness (QED) is 0.311. The number of thioether (sulfide) groups is 1. The number of carbonyl (C=O) groups excluding carboxylic acids is 2. The zero-order chi connectivity index (χ0) is 19.4. The number of amidine groups is 1. The van der Waals surface area contributed by atoms with Crippen LogP contribution in [-0.4, -0.2) is 46.7 Å². The third kappa shape index (κ3) is 5.07. The molecule has 1 aliphatic carbocycles. The minimum Gasteiger partial charge on any atom is -0.493 e. The number of aliphatic carboxylic acids is 1. The third-order valence-electron chi connectivity index (χ3n) is 3.80. The van der Waals surface area contributed by atoms with E-state index in [0.717, 1.165) is 24.6 Å². The summed E-state index contributed by atoms with van der Waals surface area (Å²) in [4.78, 5) is 34.1. The zero-order valence-electron chi connectivity index (χ0n) is 14.4. The molecule has 0 aromatic heterocycles. The molecule has 1 atom stereocenters. The van der Waals surface area contributed by atoms with Gasteiger partial charge >= 0.3 is 11.9 Å². The van der Waals surface area contributed by atoms with Crippen LogP contribution in [0.1, 0.15) is 24.8 Å². The molecule has 1 aromatic carbocycles. The van der Waals surface area contributed by atoms with Crippen LogP contribution in [0.25, 0.3) is 0 Å². The number of benzene rings is 1. The van der Waals surface area contributed by atoms with E-state index in [1.165, 1.54) is 13.3 Å². The fourth-order valence-electron chi connectivity index (χ4n) is 2.25. The predicted octanol–water partition coefficient (Wildman–Crippen LogP) is 1.41. The predicted molar refractivity (Wildman–Crippen MR) is 98.2 cm³/mol. The number of amides is 1. The summed E-state index contributed by atoms with van der Waals surface area (Å²) in [6, 6.07) is 4.95. The van der Waals surface area contributed by atoms with Crippen LogP contribution in [0.15, 0.2) is 28.4 Å². The van der Waals surface area contributed by atoms with E-state index in [0.29, 0.717) is 17.1 Å².